The number of rotatable bonds is 37. The van der Waals surface area contributed by atoms with Crippen LogP contribution in [-0.4, -0.2) is 98.3 Å². The van der Waals surface area contributed by atoms with Crippen LogP contribution in [0.3, 0.4) is 0 Å². The smallest absolute Gasteiger partial charge is 0.462 e. The summed E-state index contributed by atoms with van der Waals surface area (Å²) in [6, 6.07) is 0. The molecule has 13 nitrogen and oxygen atoms in total. The topological polar surface area (TPSA) is 210 Å². The molecule has 6 N–H and O–H groups in total. The molecule has 1 fully saturated rings. The van der Waals surface area contributed by atoms with Gasteiger partial charge in [-0.1, -0.05) is 154 Å². The van der Waals surface area contributed by atoms with Crippen molar-refractivity contribution in [2.24, 2.45) is 0 Å². The van der Waals surface area contributed by atoms with Crippen molar-refractivity contribution in [1.29, 1.82) is 0 Å². The van der Waals surface area contributed by atoms with Gasteiger partial charge < -0.3 is 39.9 Å². The average molecular weight is 849 g/mol. The van der Waals surface area contributed by atoms with Gasteiger partial charge in [0, 0.05) is 12.8 Å². The van der Waals surface area contributed by atoms with E-state index >= 15 is 0 Å². The zero-order chi connectivity index (χ0) is 42.9. The summed E-state index contributed by atoms with van der Waals surface area (Å²) >= 11 is 0. The van der Waals surface area contributed by atoms with Crippen LogP contribution in [0, 0.1) is 0 Å². The molecule has 0 amide bonds. The van der Waals surface area contributed by atoms with Crippen LogP contribution in [0.25, 0.3) is 0 Å². The van der Waals surface area contributed by atoms with Crippen LogP contribution < -0.4 is 0 Å². The molecule has 1 aliphatic rings. The van der Waals surface area contributed by atoms with E-state index in [1.165, 1.54) is 70.6 Å². The Balaban J connectivity index is 2.47. The fourth-order valence-corrected chi connectivity index (χ4v) is 7.82. The minimum absolute atomic E-state index is 0.0903. The van der Waals surface area contributed by atoms with Gasteiger partial charge in [-0.15, -0.1) is 0 Å². The minimum atomic E-state index is -5.11. The molecule has 0 heterocycles. The Bertz CT molecular complexity index is 1120. The van der Waals surface area contributed by atoms with Crippen molar-refractivity contribution in [2.75, 3.05) is 13.2 Å². The summed E-state index contributed by atoms with van der Waals surface area (Å²) in [5.41, 5.74) is 0. The van der Waals surface area contributed by atoms with E-state index in [2.05, 4.69) is 38.2 Å². The number of hydrogen-bond acceptors (Lipinski definition) is 12. The third-order valence-electron chi connectivity index (χ3n) is 10.5. The molecule has 1 aliphatic carbocycles. The van der Waals surface area contributed by atoms with Gasteiger partial charge >= 0.3 is 19.8 Å². The highest BCUT2D eigenvalue weighted by Crippen LogP contribution is 2.47. The molecular weight excluding hydrogens is 767 g/mol. The molecule has 6 unspecified atom stereocenters. The zero-order valence-electron chi connectivity index (χ0n) is 35.8. The Kier molecular flexibility index (Phi) is 32.8. The van der Waals surface area contributed by atoms with Crippen LogP contribution >= 0.6 is 7.82 Å². The molecule has 58 heavy (non-hydrogen) atoms. The molecule has 0 saturated heterocycles. The van der Waals surface area contributed by atoms with Crippen LogP contribution in [0.15, 0.2) is 24.3 Å². The molecule has 340 valence electrons. The fraction of sp³-hybridized carbons (Fsp3) is 0.864. The molecule has 0 aromatic heterocycles. The Hall–Kier alpha value is -1.67. The van der Waals surface area contributed by atoms with Crippen molar-refractivity contribution in [3.8, 4) is 0 Å². The third kappa shape index (κ3) is 27.2. The number of allylic oxidation sites excluding steroid dienone is 4. The maximum atomic E-state index is 12.8. The molecule has 0 spiro atoms. The van der Waals surface area contributed by atoms with E-state index in [4.69, 9.17) is 18.5 Å². The number of carbonyl (C=O) groups excluding carboxylic acids is 2. The summed E-state index contributed by atoms with van der Waals surface area (Å²) in [6.07, 6.45) is 23.7. The predicted molar refractivity (Wildman–Crippen MR) is 226 cm³/mol. The van der Waals surface area contributed by atoms with Gasteiger partial charge in [-0.2, -0.15) is 0 Å². The lowest BCUT2D eigenvalue weighted by Crippen LogP contribution is -2.64. The van der Waals surface area contributed by atoms with E-state index in [0.717, 1.165) is 77.0 Å². The fourth-order valence-electron chi connectivity index (χ4n) is 6.85. The second kappa shape index (κ2) is 35.0. The first-order chi connectivity index (χ1) is 27.9. The number of unbranched alkanes of at least 4 members (excludes halogenated alkanes) is 21. The molecular formula is C44H81O13P. The predicted octanol–water partition coefficient (Wildman–Crippen LogP) is 8.45. The number of aliphatic hydroxyl groups is 5. The summed E-state index contributed by atoms with van der Waals surface area (Å²) in [7, 11) is -5.11. The molecule has 0 aromatic carbocycles. The standard InChI is InChI=1S/C44H81O13P/c1-3-5-7-9-11-13-15-17-18-19-20-21-23-25-27-29-31-33-38(46)56-36(34-54-37(45)32-30-28-26-24-22-16-14-12-10-8-6-4-2)35-55-58(52,53)57-44-42(50)40(48)39(47)41(49)43(44)51/h11,13,17-18,36,39-44,47-51H,3-10,12,14-16,19-35H2,1-2H3,(H,52,53)/b13-11-,18-17-. The third-order valence-corrected chi connectivity index (χ3v) is 11.5. The van der Waals surface area contributed by atoms with Crippen molar-refractivity contribution in [3.05, 3.63) is 24.3 Å². The SMILES string of the molecule is CCCCC/C=C\C/C=C\CCCCCCCCCC(=O)OC(COC(=O)CCCCCCCCCCCCCC)COP(=O)(O)OC1C(O)C(O)C(O)C(O)C1O. The Morgan fingerprint density at radius 3 is 1.43 bits per heavy atom. The lowest BCUT2D eigenvalue weighted by molar-refractivity contribution is -0.220. The van der Waals surface area contributed by atoms with E-state index in [0.29, 0.717) is 12.8 Å². The average Bonchev–Trinajstić information content (AvgIpc) is 3.20. The zero-order valence-corrected chi connectivity index (χ0v) is 36.7. The van der Waals surface area contributed by atoms with Gasteiger partial charge in [-0.3, -0.25) is 18.6 Å². The Morgan fingerprint density at radius 1 is 0.534 bits per heavy atom. The van der Waals surface area contributed by atoms with Gasteiger partial charge in [0.05, 0.1) is 6.61 Å². The van der Waals surface area contributed by atoms with Crippen molar-refractivity contribution in [1.82, 2.24) is 0 Å². The van der Waals surface area contributed by atoms with E-state index in [1.807, 2.05) is 0 Å². The Morgan fingerprint density at radius 2 is 0.931 bits per heavy atom. The van der Waals surface area contributed by atoms with Gasteiger partial charge in [0.2, 0.25) is 0 Å². The molecule has 1 rings (SSSR count). The largest absolute Gasteiger partial charge is 0.472 e. The second-order valence-electron chi connectivity index (χ2n) is 15.9. The maximum Gasteiger partial charge on any atom is 0.472 e. The number of aliphatic hydroxyl groups excluding tert-OH is 5. The number of esters is 2. The highest BCUT2D eigenvalue weighted by molar-refractivity contribution is 7.47. The first-order valence-electron chi connectivity index (χ1n) is 22.6. The minimum Gasteiger partial charge on any atom is -0.462 e. The quantitative estimate of drug-likeness (QED) is 0.0150. The van der Waals surface area contributed by atoms with Crippen LogP contribution in [0.4, 0.5) is 0 Å². The van der Waals surface area contributed by atoms with Gasteiger partial charge in [-0.05, 0) is 44.9 Å². The Labute approximate surface area is 349 Å². The molecule has 1 saturated carbocycles. The highest BCUT2D eigenvalue weighted by Gasteiger charge is 2.51. The summed E-state index contributed by atoms with van der Waals surface area (Å²) in [4.78, 5) is 35.6. The molecule has 14 heteroatoms. The van der Waals surface area contributed by atoms with Crippen molar-refractivity contribution in [2.45, 2.75) is 230 Å². The highest BCUT2D eigenvalue weighted by atomic mass is 31.2. The summed E-state index contributed by atoms with van der Waals surface area (Å²) in [5, 5.41) is 50.1. The first kappa shape index (κ1) is 54.3. The van der Waals surface area contributed by atoms with Crippen LogP contribution in [-0.2, 0) is 32.7 Å². The molecule has 0 aliphatic heterocycles. The van der Waals surface area contributed by atoms with Crippen molar-refractivity contribution in [3.63, 3.8) is 0 Å². The van der Waals surface area contributed by atoms with Gasteiger partial charge in [0.25, 0.3) is 0 Å². The van der Waals surface area contributed by atoms with Gasteiger partial charge in [0.15, 0.2) is 6.10 Å². The van der Waals surface area contributed by atoms with Crippen molar-refractivity contribution >= 4 is 19.8 Å². The van der Waals surface area contributed by atoms with E-state index in [1.54, 1.807) is 0 Å². The second-order valence-corrected chi connectivity index (χ2v) is 17.3. The first-order valence-corrected chi connectivity index (χ1v) is 24.1. The van der Waals surface area contributed by atoms with Crippen LogP contribution in [0.5, 0.6) is 0 Å². The van der Waals surface area contributed by atoms with Crippen LogP contribution in [0.1, 0.15) is 187 Å². The molecule has 0 radical (unpaired) electrons. The van der Waals surface area contributed by atoms with E-state index in [-0.39, 0.29) is 12.8 Å². The number of phosphoric acid groups is 1. The summed E-state index contributed by atoms with van der Waals surface area (Å²) in [5.74, 6) is -1.10. The number of ether oxygens (including phenoxy) is 2. The summed E-state index contributed by atoms with van der Waals surface area (Å²) < 4.78 is 33.5. The molecule has 0 aromatic rings. The monoisotopic (exact) mass is 849 g/mol. The lowest BCUT2D eigenvalue weighted by atomic mass is 9.85. The van der Waals surface area contributed by atoms with Gasteiger partial charge in [0.1, 0.15) is 43.2 Å². The number of hydrogen-bond donors (Lipinski definition) is 6. The number of phosphoric ester groups is 1. The maximum absolute atomic E-state index is 12.8. The normalized spacial score (nSPS) is 22.7. The number of carbonyl (C=O) groups is 2. The molecule has 0 bridgehead atoms. The van der Waals surface area contributed by atoms with Gasteiger partial charge in [-0.25, -0.2) is 4.57 Å². The van der Waals surface area contributed by atoms with E-state index in [9.17, 15) is 44.6 Å². The summed E-state index contributed by atoms with van der Waals surface area (Å²) in [6.45, 7) is 3.26. The van der Waals surface area contributed by atoms with Crippen molar-refractivity contribution < 1.29 is 63.1 Å². The van der Waals surface area contributed by atoms with Crippen LogP contribution in [0.2, 0.25) is 0 Å². The molecule has 6 atom stereocenters. The lowest BCUT2D eigenvalue weighted by Gasteiger charge is -2.41. The van der Waals surface area contributed by atoms with E-state index < -0.39 is 75.7 Å².